The molecule has 0 spiro atoms. The lowest BCUT2D eigenvalue weighted by molar-refractivity contribution is 0.510. The first-order valence-corrected chi connectivity index (χ1v) is 7.41. The topological polar surface area (TPSA) is 81.7 Å². The van der Waals surface area contributed by atoms with Crippen LogP contribution in [0.2, 0.25) is 0 Å². The van der Waals surface area contributed by atoms with Crippen LogP contribution in [0.15, 0.2) is 12.1 Å². The molecule has 6 heteroatoms. The van der Waals surface area contributed by atoms with Gasteiger partial charge in [-0.1, -0.05) is 6.92 Å². The van der Waals surface area contributed by atoms with E-state index in [9.17, 15) is 0 Å². The molecule has 0 saturated carbocycles. The van der Waals surface area contributed by atoms with Gasteiger partial charge in [0.2, 0.25) is 0 Å². The Kier molecular flexibility index (Phi) is 5.03. The first kappa shape index (κ1) is 15.6. The molecule has 1 unspecified atom stereocenters. The molecule has 2 rings (SSSR count). The molecule has 114 valence electrons. The van der Waals surface area contributed by atoms with E-state index in [4.69, 9.17) is 5.84 Å². The van der Waals surface area contributed by atoms with Crippen molar-refractivity contribution in [1.82, 2.24) is 25.4 Å². The molecular weight excluding hydrogens is 264 g/mol. The first-order valence-electron chi connectivity index (χ1n) is 7.41. The highest BCUT2D eigenvalue weighted by Crippen LogP contribution is 2.21. The number of hydrazine groups is 1. The van der Waals surface area contributed by atoms with Crippen LogP contribution in [0.5, 0.6) is 0 Å². The standard InChI is InChI=1S/C15H24N6/c1-5-14-13(8-10(3)18-19-14)15(17-16)9-12-7-11(4)20-21(12)6-2/h7-8,15,17H,5-6,9,16H2,1-4H3. The molecule has 0 aliphatic carbocycles. The summed E-state index contributed by atoms with van der Waals surface area (Å²) in [6.45, 7) is 8.99. The third-order valence-corrected chi connectivity index (χ3v) is 3.64. The summed E-state index contributed by atoms with van der Waals surface area (Å²) in [5.74, 6) is 5.80. The van der Waals surface area contributed by atoms with Crippen LogP contribution in [0.1, 0.15) is 48.2 Å². The Morgan fingerprint density at radius 3 is 2.57 bits per heavy atom. The number of aryl methyl sites for hydroxylation is 4. The molecule has 0 aliphatic rings. The van der Waals surface area contributed by atoms with E-state index < -0.39 is 0 Å². The molecule has 0 radical (unpaired) electrons. The Hall–Kier alpha value is -1.79. The lowest BCUT2D eigenvalue weighted by atomic mass is 9.99. The highest BCUT2D eigenvalue weighted by molar-refractivity contribution is 5.26. The summed E-state index contributed by atoms with van der Waals surface area (Å²) in [6.07, 6.45) is 1.62. The third-order valence-electron chi connectivity index (χ3n) is 3.64. The smallest absolute Gasteiger partial charge is 0.0676 e. The lowest BCUT2D eigenvalue weighted by Gasteiger charge is -2.19. The summed E-state index contributed by atoms with van der Waals surface area (Å²) in [7, 11) is 0. The van der Waals surface area contributed by atoms with Crippen molar-refractivity contribution < 1.29 is 0 Å². The predicted molar refractivity (Wildman–Crippen MR) is 82.6 cm³/mol. The summed E-state index contributed by atoms with van der Waals surface area (Å²) in [5, 5.41) is 12.9. The zero-order valence-corrected chi connectivity index (χ0v) is 13.2. The van der Waals surface area contributed by atoms with Crippen molar-refractivity contribution in [2.24, 2.45) is 5.84 Å². The van der Waals surface area contributed by atoms with E-state index in [0.29, 0.717) is 0 Å². The van der Waals surface area contributed by atoms with Crippen molar-refractivity contribution in [2.75, 3.05) is 0 Å². The van der Waals surface area contributed by atoms with Crippen molar-refractivity contribution in [3.63, 3.8) is 0 Å². The molecule has 1 atom stereocenters. The summed E-state index contributed by atoms with van der Waals surface area (Å²) < 4.78 is 2.02. The van der Waals surface area contributed by atoms with E-state index in [1.165, 1.54) is 5.69 Å². The van der Waals surface area contributed by atoms with Gasteiger partial charge in [-0.05, 0) is 44.9 Å². The summed E-state index contributed by atoms with van der Waals surface area (Å²) >= 11 is 0. The van der Waals surface area contributed by atoms with Crippen molar-refractivity contribution in [2.45, 2.75) is 53.1 Å². The highest BCUT2D eigenvalue weighted by atomic mass is 15.3. The van der Waals surface area contributed by atoms with Gasteiger partial charge in [0, 0.05) is 18.7 Å². The number of nitrogens with one attached hydrogen (secondary N) is 1. The van der Waals surface area contributed by atoms with Crippen LogP contribution in [0.4, 0.5) is 0 Å². The van der Waals surface area contributed by atoms with Crippen LogP contribution < -0.4 is 11.3 Å². The maximum atomic E-state index is 5.80. The van der Waals surface area contributed by atoms with Gasteiger partial charge in [0.05, 0.1) is 23.1 Å². The molecule has 21 heavy (non-hydrogen) atoms. The second-order valence-electron chi connectivity index (χ2n) is 5.26. The van der Waals surface area contributed by atoms with Gasteiger partial charge in [-0.15, -0.1) is 0 Å². The zero-order chi connectivity index (χ0) is 15.4. The maximum absolute atomic E-state index is 5.80. The molecule has 2 aromatic rings. The minimum absolute atomic E-state index is 0.00977. The Morgan fingerprint density at radius 1 is 1.19 bits per heavy atom. The van der Waals surface area contributed by atoms with E-state index >= 15 is 0 Å². The van der Waals surface area contributed by atoms with Gasteiger partial charge in [0.25, 0.3) is 0 Å². The minimum atomic E-state index is 0.00977. The minimum Gasteiger partial charge on any atom is -0.271 e. The largest absolute Gasteiger partial charge is 0.271 e. The second kappa shape index (κ2) is 6.78. The Balaban J connectivity index is 2.33. The molecule has 0 saturated heterocycles. The van der Waals surface area contributed by atoms with Crippen molar-refractivity contribution >= 4 is 0 Å². The molecule has 3 N–H and O–H groups in total. The molecule has 2 aromatic heterocycles. The Labute approximate surface area is 125 Å². The molecule has 0 aliphatic heterocycles. The number of aromatic nitrogens is 4. The van der Waals surface area contributed by atoms with Crippen molar-refractivity contribution in [1.29, 1.82) is 0 Å². The second-order valence-corrected chi connectivity index (χ2v) is 5.26. The van der Waals surface area contributed by atoms with Crippen molar-refractivity contribution in [3.8, 4) is 0 Å². The normalized spacial score (nSPS) is 12.6. The van der Waals surface area contributed by atoms with Crippen molar-refractivity contribution in [3.05, 3.63) is 40.5 Å². The van der Waals surface area contributed by atoms with Gasteiger partial charge in [-0.2, -0.15) is 15.3 Å². The van der Waals surface area contributed by atoms with E-state index in [1.54, 1.807) is 0 Å². The fraction of sp³-hybridized carbons (Fsp3) is 0.533. The SMILES string of the molecule is CCc1nnc(C)cc1C(Cc1cc(C)nn1CC)NN. The zero-order valence-electron chi connectivity index (χ0n) is 13.2. The number of nitrogens with zero attached hydrogens (tertiary/aromatic N) is 4. The van der Waals surface area contributed by atoms with E-state index in [0.717, 1.165) is 42.0 Å². The molecule has 0 aromatic carbocycles. The van der Waals surface area contributed by atoms with Gasteiger partial charge >= 0.3 is 0 Å². The Morgan fingerprint density at radius 2 is 1.95 bits per heavy atom. The number of rotatable bonds is 6. The van der Waals surface area contributed by atoms with Crippen LogP contribution in [-0.2, 0) is 19.4 Å². The number of hydrogen-bond acceptors (Lipinski definition) is 5. The summed E-state index contributed by atoms with van der Waals surface area (Å²) in [5.41, 5.74) is 8.14. The van der Waals surface area contributed by atoms with Gasteiger partial charge < -0.3 is 0 Å². The van der Waals surface area contributed by atoms with Gasteiger partial charge in [-0.3, -0.25) is 16.0 Å². The van der Waals surface area contributed by atoms with E-state index in [2.05, 4.69) is 46.7 Å². The third kappa shape index (κ3) is 3.46. The maximum Gasteiger partial charge on any atom is 0.0676 e. The first-order chi connectivity index (χ1) is 10.1. The fourth-order valence-electron chi connectivity index (χ4n) is 2.62. The van der Waals surface area contributed by atoms with Crippen LogP contribution in [0.25, 0.3) is 0 Å². The van der Waals surface area contributed by atoms with Gasteiger partial charge in [0.15, 0.2) is 0 Å². The average Bonchev–Trinajstić information content (AvgIpc) is 2.84. The van der Waals surface area contributed by atoms with Gasteiger partial charge in [0.1, 0.15) is 0 Å². The number of hydrogen-bond donors (Lipinski definition) is 2. The van der Waals surface area contributed by atoms with E-state index in [1.807, 2.05) is 18.5 Å². The van der Waals surface area contributed by atoms with Crippen LogP contribution in [-0.4, -0.2) is 20.0 Å². The quantitative estimate of drug-likeness (QED) is 0.623. The van der Waals surface area contributed by atoms with Crippen LogP contribution in [0.3, 0.4) is 0 Å². The monoisotopic (exact) mass is 288 g/mol. The molecule has 0 bridgehead atoms. The molecule has 6 nitrogen and oxygen atoms in total. The Bertz CT molecular complexity index is 604. The summed E-state index contributed by atoms with van der Waals surface area (Å²) in [4.78, 5) is 0. The highest BCUT2D eigenvalue weighted by Gasteiger charge is 2.18. The van der Waals surface area contributed by atoms with E-state index in [-0.39, 0.29) is 6.04 Å². The average molecular weight is 288 g/mol. The number of nitrogens with two attached hydrogens (primary N) is 1. The summed E-state index contributed by atoms with van der Waals surface area (Å²) in [6, 6.07) is 4.19. The lowest BCUT2D eigenvalue weighted by Crippen LogP contribution is -2.31. The molecule has 0 amide bonds. The fourth-order valence-corrected chi connectivity index (χ4v) is 2.62. The molecule has 2 heterocycles. The van der Waals surface area contributed by atoms with Gasteiger partial charge in [-0.25, -0.2) is 0 Å². The predicted octanol–water partition coefficient (Wildman–Crippen LogP) is 1.62. The van der Waals surface area contributed by atoms with Crippen LogP contribution >= 0.6 is 0 Å². The molecule has 0 fully saturated rings. The molecular formula is C15H24N6. The van der Waals surface area contributed by atoms with Crippen LogP contribution in [0, 0.1) is 13.8 Å².